The van der Waals surface area contributed by atoms with E-state index < -0.39 is 17.4 Å². The summed E-state index contributed by atoms with van der Waals surface area (Å²) >= 11 is 0. The van der Waals surface area contributed by atoms with Crippen LogP contribution in [0.4, 0.5) is 0 Å². The summed E-state index contributed by atoms with van der Waals surface area (Å²) in [5, 5.41) is 5.43. The van der Waals surface area contributed by atoms with Gasteiger partial charge >= 0.3 is 11.8 Å². The van der Waals surface area contributed by atoms with Gasteiger partial charge in [-0.3, -0.25) is 9.59 Å². The molecule has 0 aromatic heterocycles. The van der Waals surface area contributed by atoms with Crippen LogP contribution in [0.1, 0.15) is 51.0 Å². The van der Waals surface area contributed by atoms with Crippen molar-refractivity contribution in [1.29, 1.82) is 0 Å². The molecule has 0 radical (unpaired) electrons. The first-order chi connectivity index (χ1) is 12.6. The molecule has 5 nitrogen and oxygen atoms in total. The largest absolute Gasteiger partial charge is 0.372 e. The van der Waals surface area contributed by atoms with Crippen LogP contribution in [-0.2, 0) is 19.9 Å². The zero-order valence-electron chi connectivity index (χ0n) is 15.8. The Morgan fingerprint density at radius 3 is 2.46 bits per heavy atom. The molecule has 2 N–H and O–H groups in total. The summed E-state index contributed by atoms with van der Waals surface area (Å²) in [6.07, 6.45) is 8.45. The van der Waals surface area contributed by atoms with E-state index in [1.54, 1.807) is 7.11 Å². The summed E-state index contributed by atoms with van der Waals surface area (Å²) in [6.45, 7) is 2.75. The SMILES string of the molecule is CC[C@@](CNC(=O)C(=O)NCCC1=CCCCC1)(OC)c1ccccc1. The number of carbonyl (C=O) groups excluding carboxylic acids is 2. The maximum absolute atomic E-state index is 12.1. The molecule has 0 saturated heterocycles. The minimum absolute atomic E-state index is 0.251. The van der Waals surface area contributed by atoms with Crippen molar-refractivity contribution in [2.45, 2.75) is 51.0 Å². The average molecular weight is 358 g/mol. The van der Waals surface area contributed by atoms with E-state index in [0.29, 0.717) is 13.0 Å². The maximum Gasteiger partial charge on any atom is 0.309 e. The number of rotatable bonds is 8. The highest BCUT2D eigenvalue weighted by molar-refractivity contribution is 6.35. The van der Waals surface area contributed by atoms with Gasteiger partial charge in [0.05, 0.1) is 6.54 Å². The number of benzene rings is 1. The Hall–Kier alpha value is -2.14. The summed E-state index contributed by atoms with van der Waals surface area (Å²) < 4.78 is 5.71. The number of amides is 2. The number of hydrogen-bond acceptors (Lipinski definition) is 3. The Kier molecular flexibility index (Phi) is 7.85. The van der Waals surface area contributed by atoms with Crippen LogP contribution in [0.5, 0.6) is 0 Å². The van der Waals surface area contributed by atoms with Crippen molar-refractivity contribution in [2.24, 2.45) is 0 Å². The van der Waals surface area contributed by atoms with Gasteiger partial charge in [0, 0.05) is 13.7 Å². The molecule has 0 aliphatic heterocycles. The van der Waals surface area contributed by atoms with Gasteiger partial charge in [-0.05, 0) is 44.1 Å². The van der Waals surface area contributed by atoms with Crippen LogP contribution >= 0.6 is 0 Å². The zero-order valence-corrected chi connectivity index (χ0v) is 15.8. The summed E-state index contributed by atoms with van der Waals surface area (Å²) in [5.74, 6) is -1.20. The van der Waals surface area contributed by atoms with Gasteiger partial charge < -0.3 is 15.4 Å². The molecule has 26 heavy (non-hydrogen) atoms. The first-order valence-corrected chi connectivity index (χ1v) is 9.46. The van der Waals surface area contributed by atoms with Crippen molar-refractivity contribution in [2.75, 3.05) is 20.2 Å². The predicted molar refractivity (Wildman–Crippen MR) is 103 cm³/mol. The third kappa shape index (κ3) is 5.43. The highest BCUT2D eigenvalue weighted by atomic mass is 16.5. The highest BCUT2D eigenvalue weighted by Crippen LogP contribution is 2.28. The Morgan fingerprint density at radius 2 is 1.85 bits per heavy atom. The number of hydrogen-bond donors (Lipinski definition) is 2. The molecule has 0 unspecified atom stereocenters. The van der Waals surface area contributed by atoms with Gasteiger partial charge in [-0.25, -0.2) is 0 Å². The van der Waals surface area contributed by atoms with Crippen LogP contribution < -0.4 is 10.6 Å². The number of allylic oxidation sites excluding steroid dienone is 1. The van der Waals surface area contributed by atoms with Gasteiger partial charge in [0.1, 0.15) is 5.60 Å². The van der Waals surface area contributed by atoms with E-state index in [-0.39, 0.29) is 6.54 Å². The Bertz CT molecular complexity index is 621. The van der Waals surface area contributed by atoms with E-state index in [0.717, 1.165) is 24.8 Å². The quantitative estimate of drug-likeness (QED) is 0.554. The van der Waals surface area contributed by atoms with Gasteiger partial charge in [0.15, 0.2) is 0 Å². The van der Waals surface area contributed by atoms with Crippen molar-refractivity contribution in [3.05, 3.63) is 47.5 Å². The molecule has 1 aliphatic carbocycles. The molecule has 1 atom stereocenters. The fourth-order valence-electron chi connectivity index (χ4n) is 3.36. The summed E-state index contributed by atoms with van der Waals surface area (Å²) in [7, 11) is 1.63. The third-order valence-corrected chi connectivity index (χ3v) is 5.12. The molecule has 2 amide bonds. The number of ether oxygens (including phenoxy) is 1. The van der Waals surface area contributed by atoms with Gasteiger partial charge in [-0.2, -0.15) is 0 Å². The molecule has 5 heteroatoms. The van der Waals surface area contributed by atoms with E-state index in [4.69, 9.17) is 4.74 Å². The normalized spacial score (nSPS) is 16.3. The van der Waals surface area contributed by atoms with Crippen LogP contribution in [0.2, 0.25) is 0 Å². The van der Waals surface area contributed by atoms with Crippen molar-refractivity contribution in [3.8, 4) is 0 Å². The van der Waals surface area contributed by atoms with Crippen molar-refractivity contribution < 1.29 is 14.3 Å². The molecule has 0 bridgehead atoms. The first-order valence-electron chi connectivity index (χ1n) is 9.46. The summed E-state index contributed by atoms with van der Waals surface area (Å²) in [5.41, 5.74) is 1.73. The second-order valence-corrected chi connectivity index (χ2v) is 6.71. The van der Waals surface area contributed by atoms with Crippen LogP contribution in [-0.4, -0.2) is 32.0 Å². The monoisotopic (exact) mass is 358 g/mol. The second-order valence-electron chi connectivity index (χ2n) is 6.71. The van der Waals surface area contributed by atoms with Crippen LogP contribution in [0, 0.1) is 0 Å². The number of methoxy groups -OCH3 is 1. The van der Waals surface area contributed by atoms with Crippen LogP contribution in [0.15, 0.2) is 42.0 Å². The minimum atomic E-state index is -0.635. The van der Waals surface area contributed by atoms with Crippen molar-refractivity contribution in [3.63, 3.8) is 0 Å². The molecule has 0 heterocycles. The van der Waals surface area contributed by atoms with Crippen LogP contribution in [0.3, 0.4) is 0 Å². The van der Waals surface area contributed by atoms with E-state index in [1.807, 2.05) is 37.3 Å². The molecule has 1 aromatic carbocycles. The van der Waals surface area contributed by atoms with Gasteiger partial charge in [0.2, 0.25) is 0 Å². The fourth-order valence-corrected chi connectivity index (χ4v) is 3.36. The van der Waals surface area contributed by atoms with E-state index >= 15 is 0 Å². The minimum Gasteiger partial charge on any atom is -0.372 e. The molecule has 1 aromatic rings. The summed E-state index contributed by atoms with van der Waals surface area (Å²) in [6, 6.07) is 9.75. The Morgan fingerprint density at radius 1 is 1.12 bits per heavy atom. The second kappa shape index (κ2) is 10.1. The lowest BCUT2D eigenvalue weighted by Crippen LogP contribution is -2.47. The molecular weight excluding hydrogens is 328 g/mol. The van der Waals surface area contributed by atoms with Crippen molar-refractivity contribution >= 4 is 11.8 Å². The zero-order chi connectivity index (χ0) is 18.8. The molecule has 1 aliphatic rings. The fraction of sp³-hybridized carbons (Fsp3) is 0.524. The molecule has 142 valence electrons. The topological polar surface area (TPSA) is 67.4 Å². The Labute approximate surface area is 156 Å². The lowest BCUT2D eigenvalue weighted by atomic mass is 9.90. The number of carbonyl (C=O) groups is 2. The van der Waals surface area contributed by atoms with E-state index in [1.165, 1.54) is 18.4 Å². The molecule has 2 rings (SSSR count). The van der Waals surface area contributed by atoms with Gasteiger partial charge in [-0.15, -0.1) is 0 Å². The lowest BCUT2D eigenvalue weighted by molar-refractivity contribution is -0.140. The first kappa shape index (κ1) is 20.2. The lowest BCUT2D eigenvalue weighted by Gasteiger charge is -2.32. The molecule has 0 spiro atoms. The molecule has 0 fully saturated rings. The predicted octanol–water partition coefficient (Wildman–Crippen LogP) is 3.06. The van der Waals surface area contributed by atoms with E-state index in [9.17, 15) is 9.59 Å². The third-order valence-electron chi connectivity index (χ3n) is 5.12. The standard InChI is InChI=1S/C21H30N2O3/c1-3-21(26-2,18-12-8-5-9-13-18)16-23-20(25)19(24)22-15-14-17-10-6-4-7-11-17/h5,8-10,12-13H,3-4,6-7,11,14-16H2,1-2H3,(H,22,24)(H,23,25)/t21-/m0/s1. The van der Waals surface area contributed by atoms with Crippen LogP contribution in [0.25, 0.3) is 0 Å². The molecular formula is C21H30N2O3. The van der Waals surface area contributed by atoms with Crippen molar-refractivity contribution in [1.82, 2.24) is 10.6 Å². The average Bonchev–Trinajstić information content (AvgIpc) is 2.70. The smallest absolute Gasteiger partial charge is 0.309 e. The van der Waals surface area contributed by atoms with E-state index in [2.05, 4.69) is 16.7 Å². The number of nitrogens with one attached hydrogen (secondary N) is 2. The van der Waals surface area contributed by atoms with Gasteiger partial charge in [-0.1, -0.05) is 48.9 Å². The molecule has 0 saturated carbocycles. The highest BCUT2D eigenvalue weighted by Gasteiger charge is 2.31. The summed E-state index contributed by atoms with van der Waals surface area (Å²) in [4.78, 5) is 24.2. The Balaban J connectivity index is 1.83. The maximum atomic E-state index is 12.1. The van der Waals surface area contributed by atoms with Gasteiger partial charge in [0.25, 0.3) is 0 Å².